The summed E-state index contributed by atoms with van der Waals surface area (Å²) in [6.07, 6.45) is 2.67. The fraction of sp³-hybridized carbons (Fsp3) is 0.154. The Bertz CT molecular complexity index is 457. The maximum absolute atomic E-state index is 11.6. The summed E-state index contributed by atoms with van der Waals surface area (Å²) in [5.74, 6) is 0.456. The molecule has 2 N–H and O–H groups in total. The Hall–Kier alpha value is -2.03. The molecule has 3 heteroatoms. The van der Waals surface area contributed by atoms with Crippen molar-refractivity contribution in [3.63, 3.8) is 0 Å². The molecule has 0 aliphatic carbocycles. The topological polar surface area (TPSA) is 56.2 Å². The molecular formula is C13H13NO2. The maximum Gasteiger partial charge on any atom is 0.198 e. The van der Waals surface area contributed by atoms with Crippen molar-refractivity contribution in [3.8, 4) is 0 Å². The van der Waals surface area contributed by atoms with E-state index in [1.54, 1.807) is 12.1 Å². The number of aryl methyl sites for hydroxylation is 1. The fourth-order valence-corrected chi connectivity index (χ4v) is 1.50. The lowest BCUT2D eigenvalue weighted by atomic mass is 10.1. The summed E-state index contributed by atoms with van der Waals surface area (Å²) in [4.78, 5) is 11.6. The van der Waals surface area contributed by atoms with Gasteiger partial charge in [0.2, 0.25) is 0 Å². The van der Waals surface area contributed by atoms with Crippen LogP contribution in [0.1, 0.15) is 22.5 Å². The van der Waals surface area contributed by atoms with E-state index in [-0.39, 0.29) is 5.78 Å². The van der Waals surface area contributed by atoms with Crippen LogP contribution < -0.4 is 5.73 Å². The van der Waals surface area contributed by atoms with Crippen molar-refractivity contribution in [1.29, 1.82) is 0 Å². The first-order valence-electron chi connectivity index (χ1n) is 5.17. The van der Waals surface area contributed by atoms with Crippen LogP contribution in [0.15, 0.2) is 47.1 Å². The van der Waals surface area contributed by atoms with E-state index in [9.17, 15) is 4.79 Å². The third-order valence-electron chi connectivity index (χ3n) is 2.42. The molecule has 16 heavy (non-hydrogen) atoms. The molecule has 0 aliphatic rings. The van der Waals surface area contributed by atoms with Gasteiger partial charge in [0.1, 0.15) is 0 Å². The standard InChI is InChI=1S/C13H13NO2/c14-11-6-3-10(4-7-11)5-8-12(15)13-2-1-9-16-13/h1-4,6-7,9H,5,8,14H2. The third-order valence-corrected chi connectivity index (χ3v) is 2.42. The molecule has 0 atom stereocenters. The van der Waals surface area contributed by atoms with Crippen LogP contribution in [0.5, 0.6) is 0 Å². The SMILES string of the molecule is Nc1ccc(CCC(=O)c2ccco2)cc1. The van der Waals surface area contributed by atoms with Crippen LogP contribution in [0.3, 0.4) is 0 Å². The Morgan fingerprint density at radius 1 is 1.19 bits per heavy atom. The first-order valence-corrected chi connectivity index (χ1v) is 5.17. The van der Waals surface area contributed by atoms with Gasteiger partial charge in [-0.1, -0.05) is 12.1 Å². The predicted molar refractivity (Wildman–Crippen MR) is 62.2 cm³/mol. The largest absolute Gasteiger partial charge is 0.461 e. The number of rotatable bonds is 4. The lowest BCUT2D eigenvalue weighted by Gasteiger charge is -2.00. The minimum Gasteiger partial charge on any atom is -0.461 e. The minimum absolute atomic E-state index is 0.0295. The number of ketones is 1. The molecular weight excluding hydrogens is 202 g/mol. The summed E-state index contributed by atoms with van der Waals surface area (Å²) >= 11 is 0. The van der Waals surface area contributed by atoms with Crippen molar-refractivity contribution < 1.29 is 9.21 Å². The molecule has 0 unspecified atom stereocenters. The molecule has 1 aromatic heterocycles. The zero-order valence-electron chi connectivity index (χ0n) is 8.85. The van der Waals surface area contributed by atoms with Gasteiger partial charge in [-0.25, -0.2) is 0 Å². The quantitative estimate of drug-likeness (QED) is 0.630. The summed E-state index contributed by atoms with van der Waals surface area (Å²) in [6.45, 7) is 0. The molecule has 1 aromatic carbocycles. The molecule has 2 rings (SSSR count). The van der Waals surface area contributed by atoms with E-state index in [4.69, 9.17) is 10.2 Å². The maximum atomic E-state index is 11.6. The molecule has 0 saturated heterocycles. The second-order valence-electron chi connectivity index (χ2n) is 3.64. The smallest absolute Gasteiger partial charge is 0.198 e. The van der Waals surface area contributed by atoms with Crippen LogP contribution in [0.4, 0.5) is 5.69 Å². The average molecular weight is 215 g/mol. The number of benzene rings is 1. The predicted octanol–water partition coefficient (Wildman–Crippen LogP) is 2.68. The van der Waals surface area contributed by atoms with Crippen molar-refractivity contribution >= 4 is 11.5 Å². The number of nitrogens with two attached hydrogens (primary N) is 1. The van der Waals surface area contributed by atoms with Gasteiger partial charge in [-0.05, 0) is 36.2 Å². The summed E-state index contributed by atoms with van der Waals surface area (Å²) < 4.78 is 5.03. The van der Waals surface area contributed by atoms with Gasteiger partial charge in [0, 0.05) is 12.1 Å². The molecule has 0 bridgehead atoms. The van der Waals surface area contributed by atoms with Crippen LogP contribution in [0.2, 0.25) is 0 Å². The van der Waals surface area contributed by atoms with E-state index in [1.165, 1.54) is 6.26 Å². The second-order valence-corrected chi connectivity index (χ2v) is 3.64. The molecule has 0 radical (unpaired) electrons. The fourth-order valence-electron chi connectivity index (χ4n) is 1.50. The van der Waals surface area contributed by atoms with E-state index in [0.717, 1.165) is 11.3 Å². The molecule has 3 nitrogen and oxygen atoms in total. The third kappa shape index (κ3) is 2.51. The summed E-state index contributed by atoms with van der Waals surface area (Å²) in [6, 6.07) is 11.0. The second kappa shape index (κ2) is 4.66. The molecule has 0 aliphatic heterocycles. The minimum atomic E-state index is 0.0295. The molecule has 0 spiro atoms. The highest BCUT2D eigenvalue weighted by atomic mass is 16.3. The van der Waals surface area contributed by atoms with E-state index in [0.29, 0.717) is 18.6 Å². The number of anilines is 1. The Kier molecular flexibility index (Phi) is 3.05. The number of hydrogen-bond acceptors (Lipinski definition) is 3. The van der Waals surface area contributed by atoms with Gasteiger partial charge in [0.05, 0.1) is 6.26 Å². The van der Waals surface area contributed by atoms with Gasteiger partial charge in [-0.2, -0.15) is 0 Å². The Balaban J connectivity index is 1.93. The normalized spacial score (nSPS) is 10.2. The van der Waals surface area contributed by atoms with Crippen LogP contribution in [0.25, 0.3) is 0 Å². The van der Waals surface area contributed by atoms with Crippen LogP contribution in [-0.2, 0) is 6.42 Å². The summed E-state index contributed by atoms with van der Waals surface area (Å²) in [7, 11) is 0. The first kappa shape index (κ1) is 10.5. The number of hydrogen-bond donors (Lipinski definition) is 1. The highest BCUT2D eigenvalue weighted by Crippen LogP contribution is 2.10. The van der Waals surface area contributed by atoms with E-state index in [1.807, 2.05) is 24.3 Å². The summed E-state index contributed by atoms with van der Waals surface area (Å²) in [5, 5.41) is 0. The number of furan rings is 1. The van der Waals surface area contributed by atoms with Crippen molar-refractivity contribution in [1.82, 2.24) is 0 Å². The van der Waals surface area contributed by atoms with Gasteiger partial charge >= 0.3 is 0 Å². The van der Waals surface area contributed by atoms with Gasteiger partial charge in [-0.15, -0.1) is 0 Å². The van der Waals surface area contributed by atoms with E-state index < -0.39 is 0 Å². The number of Topliss-reactive ketones (excluding diaryl/α,β-unsaturated/α-hetero) is 1. The molecule has 82 valence electrons. The molecule has 1 heterocycles. The van der Waals surface area contributed by atoms with Gasteiger partial charge in [-0.3, -0.25) is 4.79 Å². The zero-order valence-corrected chi connectivity index (χ0v) is 8.85. The van der Waals surface area contributed by atoms with Crippen LogP contribution in [-0.4, -0.2) is 5.78 Å². The average Bonchev–Trinajstić information content (AvgIpc) is 2.81. The first-order chi connectivity index (χ1) is 7.75. The highest BCUT2D eigenvalue weighted by Gasteiger charge is 2.08. The molecule has 2 aromatic rings. The Morgan fingerprint density at radius 3 is 2.56 bits per heavy atom. The number of carbonyl (C=O) groups is 1. The Morgan fingerprint density at radius 2 is 1.94 bits per heavy atom. The van der Waals surface area contributed by atoms with Gasteiger partial charge < -0.3 is 10.2 Å². The molecule has 0 amide bonds. The van der Waals surface area contributed by atoms with Crippen molar-refractivity contribution in [2.45, 2.75) is 12.8 Å². The van der Waals surface area contributed by atoms with E-state index in [2.05, 4.69) is 0 Å². The zero-order chi connectivity index (χ0) is 11.4. The van der Waals surface area contributed by atoms with Crippen LogP contribution >= 0.6 is 0 Å². The van der Waals surface area contributed by atoms with Crippen molar-refractivity contribution in [3.05, 3.63) is 54.0 Å². The van der Waals surface area contributed by atoms with Gasteiger partial charge in [0.15, 0.2) is 11.5 Å². The Labute approximate surface area is 93.9 Å². The van der Waals surface area contributed by atoms with Crippen molar-refractivity contribution in [2.24, 2.45) is 0 Å². The lowest BCUT2D eigenvalue weighted by molar-refractivity contribution is 0.0956. The van der Waals surface area contributed by atoms with Crippen LogP contribution in [0, 0.1) is 0 Å². The molecule has 0 fully saturated rings. The monoisotopic (exact) mass is 215 g/mol. The van der Waals surface area contributed by atoms with Crippen molar-refractivity contribution in [2.75, 3.05) is 5.73 Å². The van der Waals surface area contributed by atoms with E-state index >= 15 is 0 Å². The van der Waals surface area contributed by atoms with Gasteiger partial charge in [0.25, 0.3) is 0 Å². The number of carbonyl (C=O) groups excluding carboxylic acids is 1. The molecule has 0 saturated carbocycles. The number of nitrogen functional groups attached to an aromatic ring is 1. The summed E-state index contributed by atoms with van der Waals surface area (Å²) in [5.41, 5.74) is 7.42. The highest BCUT2D eigenvalue weighted by molar-refractivity contribution is 5.93. The lowest BCUT2D eigenvalue weighted by Crippen LogP contribution is -1.99.